The van der Waals surface area contributed by atoms with Gasteiger partial charge in [-0.2, -0.15) is 16.8 Å². The summed E-state index contributed by atoms with van der Waals surface area (Å²) >= 11 is 0. The van der Waals surface area contributed by atoms with Gasteiger partial charge in [0.05, 0.1) is 35.2 Å². The highest BCUT2D eigenvalue weighted by molar-refractivity contribution is 7.87. The largest absolute Gasteiger partial charge is 0.376 e. The van der Waals surface area contributed by atoms with Crippen LogP contribution in [0.1, 0.15) is 25.0 Å². The highest BCUT2D eigenvalue weighted by Gasteiger charge is 2.21. The van der Waals surface area contributed by atoms with Crippen molar-refractivity contribution in [1.82, 2.24) is 0 Å². The second-order valence-electron chi connectivity index (χ2n) is 6.89. The number of benzene rings is 2. The Labute approximate surface area is 172 Å². The maximum atomic E-state index is 12.2. The summed E-state index contributed by atoms with van der Waals surface area (Å²) in [6.45, 7) is 6.75. The van der Waals surface area contributed by atoms with Crippen molar-refractivity contribution in [2.75, 3.05) is 13.2 Å². The fraction of sp³-hybridized carbons (Fsp3) is 0.400. The van der Waals surface area contributed by atoms with Gasteiger partial charge in [0.15, 0.2) is 0 Å². The standard InChI is InChI=1S/C20H26O7S2/c1-15-5-9-19(10-6-15)28(21,22)26-17(3)13-25-14-18(4)27-29(23,24)20-11-7-16(2)8-12-20/h5-12,17-18H,13-14H2,1-4H3/t17-,18-/m0/s1. The van der Waals surface area contributed by atoms with Gasteiger partial charge in [-0.25, -0.2) is 0 Å². The quantitative estimate of drug-likeness (QED) is 0.521. The van der Waals surface area contributed by atoms with Crippen molar-refractivity contribution in [2.24, 2.45) is 0 Å². The molecule has 0 fully saturated rings. The van der Waals surface area contributed by atoms with Gasteiger partial charge in [-0.1, -0.05) is 35.4 Å². The van der Waals surface area contributed by atoms with E-state index in [4.69, 9.17) is 13.1 Å². The third kappa shape index (κ3) is 7.20. The SMILES string of the molecule is Cc1ccc(S(=O)(=O)O[C@@H](C)COC[C@H](C)OS(=O)(=O)c2ccc(C)cc2)cc1. The van der Waals surface area contributed by atoms with Crippen LogP contribution in [-0.2, 0) is 33.3 Å². The summed E-state index contributed by atoms with van der Waals surface area (Å²) in [7, 11) is -7.80. The molecule has 29 heavy (non-hydrogen) atoms. The minimum atomic E-state index is -3.90. The molecule has 0 aliphatic rings. The van der Waals surface area contributed by atoms with Crippen molar-refractivity contribution >= 4 is 20.2 Å². The Kier molecular flexibility index (Phi) is 7.95. The van der Waals surface area contributed by atoms with Crippen LogP contribution < -0.4 is 0 Å². The lowest BCUT2D eigenvalue weighted by Gasteiger charge is -2.16. The van der Waals surface area contributed by atoms with Gasteiger partial charge in [0, 0.05) is 0 Å². The zero-order valence-corrected chi connectivity index (χ0v) is 18.5. The molecule has 0 N–H and O–H groups in total. The minimum absolute atomic E-state index is 0.0383. The monoisotopic (exact) mass is 442 g/mol. The Bertz CT molecular complexity index is 912. The van der Waals surface area contributed by atoms with Crippen LogP contribution in [-0.4, -0.2) is 42.3 Å². The molecule has 0 spiro atoms. The molecular weight excluding hydrogens is 416 g/mol. The lowest BCUT2D eigenvalue weighted by molar-refractivity contribution is 0.0225. The van der Waals surface area contributed by atoms with Crippen LogP contribution in [0.5, 0.6) is 0 Å². The highest BCUT2D eigenvalue weighted by Crippen LogP contribution is 2.17. The fourth-order valence-electron chi connectivity index (χ4n) is 2.41. The van der Waals surface area contributed by atoms with E-state index in [0.29, 0.717) is 0 Å². The Balaban J connectivity index is 1.82. The van der Waals surface area contributed by atoms with E-state index in [-0.39, 0.29) is 23.0 Å². The topological polar surface area (TPSA) is 96.0 Å². The molecule has 0 bridgehead atoms. The van der Waals surface area contributed by atoms with E-state index in [0.717, 1.165) is 11.1 Å². The molecule has 2 atom stereocenters. The summed E-state index contributed by atoms with van der Waals surface area (Å²) in [4.78, 5) is 0.131. The molecule has 0 aliphatic heterocycles. The third-order valence-electron chi connectivity index (χ3n) is 3.91. The minimum Gasteiger partial charge on any atom is -0.376 e. The van der Waals surface area contributed by atoms with Gasteiger partial charge in [-0.3, -0.25) is 8.37 Å². The summed E-state index contributed by atoms with van der Waals surface area (Å²) < 4.78 is 64.6. The van der Waals surface area contributed by atoms with E-state index in [2.05, 4.69) is 0 Å². The highest BCUT2D eigenvalue weighted by atomic mass is 32.2. The van der Waals surface area contributed by atoms with Gasteiger partial charge in [-0.15, -0.1) is 0 Å². The first kappa shape index (κ1) is 23.5. The van der Waals surface area contributed by atoms with Crippen LogP contribution in [0, 0.1) is 13.8 Å². The van der Waals surface area contributed by atoms with Crippen LogP contribution >= 0.6 is 0 Å². The first-order chi connectivity index (χ1) is 13.5. The Morgan fingerprint density at radius 1 is 0.655 bits per heavy atom. The van der Waals surface area contributed by atoms with Gasteiger partial charge in [0.2, 0.25) is 0 Å². The van der Waals surface area contributed by atoms with E-state index in [9.17, 15) is 16.8 Å². The van der Waals surface area contributed by atoms with Gasteiger partial charge >= 0.3 is 0 Å². The number of hydrogen-bond acceptors (Lipinski definition) is 7. The fourth-order valence-corrected chi connectivity index (χ4v) is 4.55. The molecule has 7 nitrogen and oxygen atoms in total. The van der Waals surface area contributed by atoms with Crippen molar-refractivity contribution in [3.8, 4) is 0 Å². The normalized spacial score (nSPS) is 14.5. The molecule has 0 saturated heterocycles. The van der Waals surface area contributed by atoms with E-state index >= 15 is 0 Å². The zero-order chi connectivity index (χ0) is 21.7. The molecule has 0 heterocycles. The molecule has 9 heteroatoms. The maximum Gasteiger partial charge on any atom is 0.297 e. The van der Waals surface area contributed by atoms with E-state index in [1.807, 2.05) is 13.8 Å². The first-order valence-electron chi connectivity index (χ1n) is 9.07. The summed E-state index contributed by atoms with van der Waals surface area (Å²) in [5, 5.41) is 0. The van der Waals surface area contributed by atoms with Crippen molar-refractivity contribution in [3.63, 3.8) is 0 Å². The number of aryl methyl sites for hydroxylation is 2. The zero-order valence-electron chi connectivity index (χ0n) is 16.9. The Morgan fingerprint density at radius 3 is 1.28 bits per heavy atom. The van der Waals surface area contributed by atoms with Crippen molar-refractivity contribution in [1.29, 1.82) is 0 Å². The summed E-state index contributed by atoms with van der Waals surface area (Å²) in [5.74, 6) is 0. The number of ether oxygens (including phenoxy) is 1. The van der Waals surface area contributed by atoms with Gasteiger partial charge in [0.25, 0.3) is 20.2 Å². The first-order valence-corrected chi connectivity index (χ1v) is 11.9. The summed E-state index contributed by atoms with van der Waals surface area (Å²) in [5.41, 5.74) is 1.88. The van der Waals surface area contributed by atoms with Crippen molar-refractivity contribution in [2.45, 2.75) is 49.7 Å². The molecule has 2 rings (SSSR count). The predicted molar refractivity (Wildman–Crippen MR) is 109 cm³/mol. The Hall–Kier alpha value is -1.78. The summed E-state index contributed by atoms with van der Waals surface area (Å²) in [6, 6.07) is 12.6. The van der Waals surface area contributed by atoms with Gasteiger partial charge in [-0.05, 0) is 52.0 Å². The molecule has 2 aromatic carbocycles. The van der Waals surface area contributed by atoms with Crippen LogP contribution in [0.3, 0.4) is 0 Å². The molecule has 0 aromatic heterocycles. The number of hydrogen-bond donors (Lipinski definition) is 0. The van der Waals surface area contributed by atoms with Crippen molar-refractivity contribution in [3.05, 3.63) is 59.7 Å². The van der Waals surface area contributed by atoms with E-state index in [1.54, 1.807) is 38.1 Å². The van der Waals surface area contributed by atoms with Crippen LogP contribution in [0.25, 0.3) is 0 Å². The predicted octanol–water partition coefficient (Wildman–Crippen LogP) is 3.21. The van der Waals surface area contributed by atoms with Crippen molar-refractivity contribution < 1.29 is 29.9 Å². The molecule has 0 aliphatic carbocycles. The lowest BCUT2D eigenvalue weighted by atomic mass is 10.2. The molecular formula is C20H26O7S2. The van der Waals surface area contributed by atoms with Gasteiger partial charge < -0.3 is 4.74 Å². The lowest BCUT2D eigenvalue weighted by Crippen LogP contribution is -2.25. The van der Waals surface area contributed by atoms with Gasteiger partial charge in [0.1, 0.15) is 0 Å². The molecule has 0 radical (unpaired) electrons. The van der Waals surface area contributed by atoms with Crippen LogP contribution in [0.2, 0.25) is 0 Å². The maximum absolute atomic E-state index is 12.2. The molecule has 0 saturated carbocycles. The summed E-state index contributed by atoms with van der Waals surface area (Å²) in [6.07, 6.45) is -1.50. The average Bonchev–Trinajstić information content (AvgIpc) is 2.61. The van der Waals surface area contributed by atoms with E-state index < -0.39 is 32.4 Å². The van der Waals surface area contributed by atoms with E-state index in [1.165, 1.54) is 24.3 Å². The Morgan fingerprint density at radius 2 is 0.966 bits per heavy atom. The second-order valence-corrected chi connectivity index (χ2v) is 10.0. The number of rotatable bonds is 10. The van der Waals surface area contributed by atoms with Crippen LogP contribution in [0.4, 0.5) is 0 Å². The third-order valence-corrected chi connectivity index (χ3v) is 6.77. The van der Waals surface area contributed by atoms with Crippen LogP contribution in [0.15, 0.2) is 58.3 Å². The second kappa shape index (κ2) is 9.82. The molecule has 2 aromatic rings. The molecule has 0 unspecified atom stereocenters. The smallest absolute Gasteiger partial charge is 0.297 e. The molecule has 0 amide bonds. The molecule has 160 valence electrons. The average molecular weight is 443 g/mol.